The molecule has 1 N–H and O–H groups in total. The summed E-state index contributed by atoms with van der Waals surface area (Å²) in [6.07, 6.45) is 3.17. The van der Waals surface area contributed by atoms with Crippen LogP contribution in [0.1, 0.15) is 50.7 Å². The van der Waals surface area contributed by atoms with Gasteiger partial charge >= 0.3 is 13.1 Å². The summed E-state index contributed by atoms with van der Waals surface area (Å²) in [6, 6.07) is 2.91. The Hall–Kier alpha value is -1.64. The van der Waals surface area contributed by atoms with Crippen molar-refractivity contribution in [2.75, 3.05) is 5.75 Å². The molecular formula is C17H22BNO5S. The number of hydrogen-bond acceptors (Lipinski definition) is 6. The van der Waals surface area contributed by atoms with E-state index in [4.69, 9.17) is 14.4 Å². The Balaban J connectivity index is 2.35. The highest BCUT2D eigenvalue weighted by atomic mass is 32.2. The number of carboxylic acids is 1. The van der Waals surface area contributed by atoms with Crippen LogP contribution in [0.5, 0.6) is 0 Å². The first-order chi connectivity index (χ1) is 11.5. The van der Waals surface area contributed by atoms with Gasteiger partial charge < -0.3 is 14.4 Å². The third-order valence-corrected chi connectivity index (χ3v) is 5.24. The van der Waals surface area contributed by atoms with Gasteiger partial charge in [0.1, 0.15) is 0 Å². The first kappa shape index (κ1) is 19.7. The molecule has 0 aromatic carbocycles. The predicted octanol–water partition coefficient (Wildman–Crippen LogP) is 3.07. The molecule has 1 aromatic heterocycles. The number of aromatic carboxylic acids is 1. The normalized spacial score (nSPS) is 19.1. The van der Waals surface area contributed by atoms with Crippen LogP contribution in [0.25, 0.3) is 6.08 Å². The summed E-state index contributed by atoms with van der Waals surface area (Å²) < 4.78 is 12.1. The Morgan fingerprint density at radius 1 is 1.28 bits per heavy atom. The number of nitrogens with zero attached hydrogens (tertiary/aromatic N) is 1. The molecule has 1 aliphatic rings. The Bertz CT molecular complexity index is 701. The number of carbonyl (C=O) groups is 2. The van der Waals surface area contributed by atoms with E-state index in [9.17, 15) is 9.59 Å². The molecule has 134 valence electrons. The van der Waals surface area contributed by atoms with Crippen molar-refractivity contribution < 1.29 is 24.0 Å². The van der Waals surface area contributed by atoms with Gasteiger partial charge in [0.15, 0.2) is 5.12 Å². The molecule has 8 heteroatoms. The number of pyridine rings is 1. The van der Waals surface area contributed by atoms with E-state index >= 15 is 0 Å². The van der Waals surface area contributed by atoms with Crippen molar-refractivity contribution in [1.82, 2.24) is 4.98 Å². The fourth-order valence-electron chi connectivity index (χ4n) is 2.21. The first-order valence-corrected chi connectivity index (χ1v) is 8.89. The van der Waals surface area contributed by atoms with Gasteiger partial charge in [0.25, 0.3) is 0 Å². The van der Waals surface area contributed by atoms with Crippen molar-refractivity contribution in [2.45, 2.75) is 45.8 Å². The van der Waals surface area contributed by atoms with Gasteiger partial charge in [0, 0.05) is 18.9 Å². The lowest BCUT2D eigenvalue weighted by Gasteiger charge is -2.32. The van der Waals surface area contributed by atoms with E-state index in [0.29, 0.717) is 11.4 Å². The van der Waals surface area contributed by atoms with Gasteiger partial charge in [0.05, 0.1) is 22.5 Å². The molecule has 6 nitrogen and oxygen atoms in total. The van der Waals surface area contributed by atoms with Crippen molar-refractivity contribution in [1.29, 1.82) is 0 Å². The van der Waals surface area contributed by atoms with E-state index in [1.54, 1.807) is 6.08 Å². The summed E-state index contributed by atoms with van der Waals surface area (Å²) in [5.41, 5.74) is 0.346. The van der Waals surface area contributed by atoms with Crippen LogP contribution in [-0.2, 0) is 14.1 Å². The summed E-state index contributed by atoms with van der Waals surface area (Å²) in [4.78, 5) is 26.7. The average Bonchev–Trinajstić information content (AvgIpc) is 2.71. The molecule has 0 radical (unpaired) electrons. The van der Waals surface area contributed by atoms with Gasteiger partial charge in [-0.25, -0.2) is 4.79 Å². The zero-order valence-electron chi connectivity index (χ0n) is 15.0. The van der Waals surface area contributed by atoms with Crippen molar-refractivity contribution >= 4 is 36.0 Å². The second kappa shape index (κ2) is 7.31. The smallest absolute Gasteiger partial charge is 0.478 e. The maximum absolute atomic E-state index is 11.4. The Labute approximate surface area is 152 Å². The van der Waals surface area contributed by atoms with Crippen LogP contribution >= 0.6 is 11.8 Å². The average molecular weight is 363 g/mol. The van der Waals surface area contributed by atoms with Crippen molar-refractivity contribution in [3.05, 3.63) is 35.1 Å². The molecule has 0 bridgehead atoms. The monoisotopic (exact) mass is 363 g/mol. The quantitative estimate of drug-likeness (QED) is 0.805. The second-order valence-corrected chi connectivity index (χ2v) is 8.01. The van der Waals surface area contributed by atoms with E-state index in [1.165, 1.54) is 25.3 Å². The van der Waals surface area contributed by atoms with Gasteiger partial charge in [-0.2, -0.15) is 0 Å². The van der Waals surface area contributed by atoms with E-state index in [-0.39, 0.29) is 10.7 Å². The summed E-state index contributed by atoms with van der Waals surface area (Å²) in [5.74, 6) is -0.641. The minimum absolute atomic E-state index is 0.0188. The van der Waals surface area contributed by atoms with Crippen LogP contribution in [0.15, 0.2) is 23.8 Å². The van der Waals surface area contributed by atoms with E-state index < -0.39 is 24.3 Å². The standard InChI is InChI=1S/C17H22BNO5S/c1-11(20)25-10-13(18-23-16(2,3)17(4,5)24-18)9-14-8-12(15(21)22)6-7-19-14/h6-9H,10H2,1-5H3,(H,21,22). The SMILES string of the molecule is CC(=O)SCC(=Cc1cc(C(=O)O)ccn1)B1OC(C)(C)C(C)(C)O1. The summed E-state index contributed by atoms with van der Waals surface area (Å²) >= 11 is 1.14. The number of aromatic nitrogens is 1. The van der Waals surface area contributed by atoms with Gasteiger partial charge in [0.2, 0.25) is 0 Å². The molecule has 0 atom stereocenters. The van der Waals surface area contributed by atoms with E-state index in [2.05, 4.69) is 4.98 Å². The Morgan fingerprint density at radius 2 is 1.88 bits per heavy atom. The summed E-state index contributed by atoms with van der Waals surface area (Å²) in [5, 5.41) is 9.10. The van der Waals surface area contributed by atoms with Crippen LogP contribution < -0.4 is 0 Å². The highest BCUT2D eigenvalue weighted by Crippen LogP contribution is 2.39. The molecule has 2 heterocycles. The maximum atomic E-state index is 11.4. The Morgan fingerprint density at radius 3 is 2.40 bits per heavy atom. The number of rotatable bonds is 5. The first-order valence-electron chi connectivity index (χ1n) is 7.91. The number of thioether (sulfide) groups is 1. The topological polar surface area (TPSA) is 85.7 Å². The van der Waals surface area contributed by atoms with Gasteiger partial charge in [-0.15, -0.1) is 0 Å². The molecule has 0 aliphatic carbocycles. The molecule has 25 heavy (non-hydrogen) atoms. The van der Waals surface area contributed by atoms with Gasteiger partial charge in [-0.1, -0.05) is 11.8 Å². The van der Waals surface area contributed by atoms with Crippen molar-refractivity contribution in [3.8, 4) is 0 Å². The zero-order chi connectivity index (χ0) is 18.8. The number of carboxylic acid groups (broad SMARTS) is 1. The van der Waals surface area contributed by atoms with Crippen LogP contribution in [0.3, 0.4) is 0 Å². The maximum Gasteiger partial charge on any atom is 0.491 e. The highest BCUT2D eigenvalue weighted by molar-refractivity contribution is 8.13. The van der Waals surface area contributed by atoms with Gasteiger partial charge in [-0.05, 0) is 51.4 Å². The fraction of sp³-hybridized carbons (Fsp3) is 0.471. The highest BCUT2D eigenvalue weighted by Gasteiger charge is 2.52. The molecule has 0 amide bonds. The minimum Gasteiger partial charge on any atom is -0.478 e. The molecule has 1 aromatic rings. The van der Waals surface area contributed by atoms with Crippen LogP contribution in [0, 0.1) is 0 Å². The summed E-state index contributed by atoms with van der Waals surface area (Å²) in [7, 11) is -0.618. The van der Waals surface area contributed by atoms with Crippen LogP contribution in [0.2, 0.25) is 0 Å². The molecule has 0 saturated carbocycles. The van der Waals surface area contributed by atoms with Crippen LogP contribution in [0.4, 0.5) is 0 Å². The molecule has 2 rings (SSSR count). The lowest BCUT2D eigenvalue weighted by atomic mass is 9.78. The Kier molecular flexibility index (Phi) is 5.76. The molecule has 1 fully saturated rings. The molecular weight excluding hydrogens is 341 g/mol. The van der Waals surface area contributed by atoms with E-state index in [1.807, 2.05) is 27.7 Å². The van der Waals surface area contributed by atoms with Crippen molar-refractivity contribution in [2.24, 2.45) is 0 Å². The lowest BCUT2D eigenvalue weighted by molar-refractivity contribution is -0.109. The second-order valence-electron chi connectivity index (χ2n) is 6.86. The molecule has 1 saturated heterocycles. The molecule has 0 spiro atoms. The molecule has 1 aliphatic heterocycles. The lowest BCUT2D eigenvalue weighted by Crippen LogP contribution is -2.41. The third-order valence-electron chi connectivity index (χ3n) is 4.36. The van der Waals surface area contributed by atoms with Crippen LogP contribution in [-0.4, -0.2) is 45.2 Å². The largest absolute Gasteiger partial charge is 0.491 e. The third kappa shape index (κ3) is 4.71. The summed E-state index contributed by atoms with van der Waals surface area (Å²) in [6.45, 7) is 9.30. The minimum atomic E-state index is -1.02. The number of hydrogen-bond donors (Lipinski definition) is 1. The predicted molar refractivity (Wildman–Crippen MR) is 98.4 cm³/mol. The molecule has 0 unspecified atom stereocenters. The van der Waals surface area contributed by atoms with Gasteiger partial charge in [-0.3, -0.25) is 9.78 Å². The zero-order valence-corrected chi connectivity index (χ0v) is 15.8. The van der Waals surface area contributed by atoms with E-state index in [0.717, 1.165) is 17.2 Å². The number of carbonyl (C=O) groups excluding carboxylic acids is 1. The fourth-order valence-corrected chi connectivity index (χ4v) is 2.80. The van der Waals surface area contributed by atoms with Crippen molar-refractivity contribution in [3.63, 3.8) is 0 Å².